The third-order valence-corrected chi connectivity index (χ3v) is 8.75. The molecule has 3 fully saturated rings. The average Bonchev–Trinajstić information content (AvgIpc) is 2.97. The molecule has 18 heteroatoms. The van der Waals surface area contributed by atoms with Gasteiger partial charge < -0.3 is 89.3 Å². The van der Waals surface area contributed by atoms with E-state index in [1.165, 1.54) is 0 Å². The highest BCUT2D eigenvalue weighted by atomic mass is 16.7. The summed E-state index contributed by atoms with van der Waals surface area (Å²) in [6.45, 7) is 0.0896. The van der Waals surface area contributed by atoms with Crippen molar-refractivity contribution < 1.29 is 54.8 Å². The quantitative estimate of drug-likeness (QED) is 0.0838. The summed E-state index contributed by atoms with van der Waals surface area (Å²) in [6, 6.07) is -3.85. The molecule has 0 spiro atoms. The molecule has 16 unspecified atom stereocenters. The molecule has 18 nitrogen and oxygen atoms in total. The summed E-state index contributed by atoms with van der Waals surface area (Å²) in [7, 11) is 0. The number of nitrogens with one attached hydrogen (secondary N) is 2. The van der Waals surface area contributed by atoms with Gasteiger partial charge in [0.1, 0.15) is 30.5 Å². The number of ether oxygens (including phenoxy) is 3. The molecule has 19 N–H and O–H groups in total. The zero-order valence-corrected chi connectivity index (χ0v) is 24.8. The molecule has 0 aromatic carbocycles. The molecule has 2 heterocycles. The molecule has 1 aliphatic carbocycles. The lowest BCUT2D eigenvalue weighted by Crippen LogP contribution is -2.70. The fourth-order valence-electron chi connectivity index (χ4n) is 6.21. The van der Waals surface area contributed by atoms with Gasteiger partial charge in [0.2, 0.25) is 5.91 Å². The van der Waals surface area contributed by atoms with Crippen LogP contribution in [-0.2, 0) is 19.0 Å². The van der Waals surface area contributed by atoms with Crippen molar-refractivity contribution in [3.8, 4) is 0 Å². The first-order chi connectivity index (χ1) is 20.8. The highest BCUT2D eigenvalue weighted by Crippen LogP contribution is 2.36. The first-order valence-corrected chi connectivity index (χ1v) is 15.2. The largest absolute Gasteiger partial charge is 0.394 e. The molecule has 0 bridgehead atoms. The molecule has 1 amide bonds. The fraction of sp³-hybridized carbons (Fsp3) is 0.962. The summed E-state index contributed by atoms with van der Waals surface area (Å²) in [5.74, 6) is -1.68. The number of aliphatic hydroxyl groups is 7. The van der Waals surface area contributed by atoms with E-state index in [2.05, 4.69) is 10.6 Å². The number of carbonyl (C=O) groups excluding carboxylic acids is 1. The lowest BCUT2D eigenvalue weighted by molar-refractivity contribution is -0.306. The summed E-state index contributed by atoms with van der Waals surface area (Å²) in [5, 5.41) is 78.9. The Bertz CT molecular complexity index is 882. The van der Waals surface area contributed by atoms with E-state index < -0.39 is 110 Å². The number of amides is 1. The summed E-state index contributed by atoms with van der Waals surface area (Å²) in [5.41, 5.74) is 29.8. The standard InChI is InChI=1S/C26H53N7O11/c27-3-1-10(35)7-32-8-16-15(37)6-12(30)23(42-16)18-11(29)5-13(33-25(41)14(36)2-4-28)24(21(18)39)44-26-22(40)19(31)20(38)17(9-34)43-26/h10-24,26,32,34-40H,1-9,27-31H2,(H,33,41). The SMILES string of the molecule is NCCC(O)CNCC1OC(C2C(N)CC(NC(=O)C(O)CCN)C(OC3OC(CO)C(O)C(N)C3O)C2O)C(N)CC1O. The van der Waals surface area contributed by atoms with E-state index in [0.717, 1.165) is 0 Å². The van der Waals surface area contributed by atoms with E-state index in [-0.39, 0.29) is 38.9 Å². The highest BCUT2D eigenvalue weighted by Gasteiger charge is 2.53. The molecule has 0 aromatic rings. The maximum atomic E-state index is 12.7. The van der Waals surface area contributed by atoms with Crippen LogP contribution in [0.15, 0.2) is 0 Å². The first kappa shape index (κ1) is 37.3. The zero-order chi connectivity index (χ0) is 32.7. The molecular formula is C26H53N7O11. The van der Waals surface area contributed by atoms with E-state index in [9.17, 15) is 40.5 Å². The normalized spacial score (nSPS) is 42.9. The van der Waals surface area contributed by atoms with Crippen molar-refractivity contribution >= 4 is 5.91 Å². The molecule has 0 aromatic heterocycles. The lowest BCUT2D eigenvalue weighted by Gasteiger charge is -2.51. The minimum atomic E-state index is -1.58. The summed E-state index contributed by atoms with van der Waals surface area (Å²) < 4.78 is 17.8. The van der Waals surface area contributed by atoms with Gasteiger partial charge in [0, 0.05) is 31.1 Å². The van der Waals surface area contributed by atoms with Gasteiger partial charge in [0.15, 0.2) is 6.29 Å². The molecule has 44 heavy (non-hydrogen) atoms. The molecule has 0 radical (unpaired) electrons. The van der Waals surface area contributed by atoms with Crippen molar-refractivity contribution in [2.75, 3.05) is 32.8 Å². The fourth-order valence-corrected chi connectivity index (χ4v) is 6.21. The Hall–Kier alpha value is -1.17. The maximum absolute atomic E-state index is 12.7. The van der Waals surface area contributed by atoms with E-state index >= 15 is 0 Å². The molecule has 2 saturated heterocycles. The van der Waals surface area contributed by atoms with Gasteiger partial charge in [-0.3, -0.25) is 4.79 Å². The van der Waals surface area contributed by atoms with Crippen LogP contribution in [-0.4, -0.2) is 166 Å². The van der Waals surface area contributed by atoms with Crippen molar-refractivity contribution in [2.45, 2.75) is 117 Å². The van der Waals surface area contributed by atoms with E-state index in [1.807, 2.05) is 0 Å². The first-order valence-electron chi connectivity index (χ1n) is 15.2. The summed E-state index contributed by atoms with van der Waals surface area (Å²) >= 11 is 0. The third-order valence-electron chi connectivity index (χ3n) is 8.75. The van der Waals surface area contributed by atoms with Gasteiger partial charge >= 0.3 is 0 Å². The number of nitrogens with two attached hydrogens (primary N) is 5. The Morgan fingerprint density at radius 2 is 1.59 bits per heavy atom. The third kappa shape index (κ3) is 9.00. The number of hydrogen-bond acceptors (Lipinski definition) is 17. The predicted molar refractivity (Wildman–Crippen MR) is 154 cm³/mol. The van der Waals surface area contributed by atoms with Crippen molar-refractivity contribution in [3.05, 3.63) is 0 Å². The molecule has 1 saturated carbocycles. The van der Waals surface area contributed by atoms with Crippen LogP contribution in [0.5, 0.6) is 0 Å². The van der Waals surface area contributed by atoms with Crippen LogP contribution in [0.2, 0.25) is 0 Å². The van der Waals surface area contributed by atoms with Gasteiger partial charge in [0.05, 0.1) is 49.2 Å². The van der Waals surface area contributed by atoms with Crippen LogP contribution in [0.25, 0.3) is 0 Å². The second-order valence-electron chi connectivity index (χ2n) is 12.1. The zero-order valence-electron chi connectivity index (χ0n) is 24.8. The Balaban J connectivity index is 1.83. The minimum Gasteiger partial charge on any atom is -0.394 e. The Labute approximate surface area is 256 Å². The van der Waals surface area contributed by atoms with Gasteiger partial charge in [-0.2, -0.15) is 0 Å². The Morgan fingerprint density at radius 1 is 0.909 bits per heavy atom. The molecule has 258 valence electrons. The van der Waals surface area contributed by atoms with E-state index in [0.29, 0.717) is 13.0 Å². The van der Waals surface area contributed by atoms with Crippen LogP contribution >= 0.6 is 0 Å². The smallest absolute Gasteiger partial charge is 0.249 e. The Kier molecular flexibility index (Phi) is 14.5. The van der Waals surface area contributed by atoms with Crippen LogP contribution in [0.4, 0.5) is 0 Å². The molecular weight excluding hydrogens is 586 g/mol. The van der Waals surface area contributed by atoms with Crippen molar-refractivity contribution in [2.24, 2.45) is 34.6 Å². The van der Waals surface area contributed by atoms with Gasteiger partial charge in [-0.05, 0) is 38.8 Å². The van der Waals surface area contributed by atoms with Crippen LogP contribution < -0.4 is 39.3 Å². The van der Waals surface area contributed by atoms with Crippen LogP contribution in [0.1, 0.15) is 25.7 Å². The van der Waals surface area contributed by atoms with E-state index in [4.69, 9.17) is 42.9 Å². The van der Waals surface area contributed by atoms with Gasteiger partial charge in [-0.25, -0.2) is 0 Å². The molecule has 3 rings (SSSR count). The number of aliphatic hydroxyl groups excluding tert-OH is 7. The van der Waals surface area contributed by atoms with Crippen molar-refractivity contribution in [1.82, 2.24) is 10.6 Å². The predicted octanol–water partition coefficient (Wildman–Crippen LogP) is -7.81. The number of carbonyl (C=O) groups is 1. The molecule has 2 aliphatic heterocycles. The maximum Gasteiger partial charge on any atom is 0.249 e. The topological polar surface area (TPSA) is 341 Å². The summed E-state index contributed by atoms with van der Waals surface area (Å²) in [4.78, 5) is 12.7. The average molecular weight is 640 g/mol. The van der Waals surface area contributed by atoms with Gasteiger partial charge in [0.25, 0.3) is 0 Å². The second kappa shape index (κ2) is 17.1. The Morgan fingerprint density at radius 3 is 2.23 bits per heavy atom. The minimum absolute atomic E-state index is 0.0116. The highest BCUT2D eigenvalue weighted by molar-refractivity contribution is 5.80. The number of hydrogen-bond donors (Lipinski definition) is 14. The van der Waals surface area contributed by atoms with Gasteiger partial charge in [-0.1, -0.05) is 0 Å². The van der Waals surface area contributed by atoms with Crippen LogP contribution in [0, 0.1) is 5.92 Å². The van der Waals surface area contributed by atoms with E-state index in [1.54, 1.807) is 0 Å². The monoisotopic (exact) mass is 639 g/mol. The lowest BCUT2D eigenvalue weighted by atomic mass is 9.72. The van der Waals surface area contributed by atoms with Gasteiger partial charge in [-0.15, -0.1) is 0 Å². The van der Waals surface area contributed by atoms with Crippen LogP contribution in [0.3, 0.4) is 0 Å². The van der Waals surface area contributed by atoms with Crippen molar-refractivity contribution in [1.29, 1.82) is 0 Å². The molecule has 3 aliphatic rings. The second-order valence-corrected chi connectivity index (χ2v) is 12.1. The van der Waals surface area contributed by atoms with Crippen molar-refractivity contribution in [3.63, 3.8) is 0 Å². The molecule has 16 atom stereocenters. The summed E-state index contributed by atoms with van der Waals surface area (Å²) in [6.07, 6.45) is -12.8. The number of rotatable bonds is 14.